The maximum absolute atomic E-state index is 11.9. The molecule has 0 atom stereocenters. The molecule has 0 unspecified atom stereocenters. The number of carboxylic acids is 1. The standard InChI is InChI=1S/C16H15NO3/c18-15(10-16(19)20)13-8-4-5-9-14(13)17-11-12-6-2-1-3-7-12/h1-9,17H,10-11H2,(H,19,20). The zero-order chi connectivity index (χ0) is 14.4. The fourth-order valence-corrected chi connectivity index (χ4v) is 1.91. The highest BCUT2D eigenvalue weighted by atomic mass is 16.4. The number of rotatable bonds is 6. The minimum Gasteiger partial charge on any atom is -0.481 e. The molecule has 0 aliphatic heterocycles. The first-order chi connectivity index (χ1) is 9.66. The van der Waals surface area contributed by atoms with Crippen molar-refractivity contribution >= 4 is 17.4 Å². The van der Waals surface area contributed by atoms with E-state index >= 15 is 0 Å². The van der Waals surface area contributed by atoms with Crippen molar-refractivity contribution in [1.82, 2.24) is 0 Å². The molecule has 20 heavy (non-hydrogen) atoms. The van der Waals surface area contributed by atoms with Crippen LogP contribution in [-0.2, 0) is 11.3 Å². The summed E-state index contributed by atoms with van der Waals surface area (Å²) in [6.07, 6.45) is -0.496. The fourth-order valence-electron chi connectivity index (χ4n) is 1.91. The Morgan fingerprint density at radius 1 is 0.950 bits per heavy atom. The molecule has 0 aliphatic rings. The van der Waals surface area contributed by atoms with Crippen LogP contribution < -0.4 is 5.32 Å². The molecule has 0 heterocycles. The number of anilines is 1. The molecule has 0 saturated heterocycles. The number of para-hydroxylation sites is 1. The highest BCUT2D eigenvalue weighted by Crippen LogP contribution is 2.18. The average molecular weight is 269 g/mol. The summed E-state index contributed by atoms with van der Waals surface area (Å²) in [7, 11) is 0. The zero-order valence-electron chi connectivity index (χ0n) is 10.9. The molecule has 4 nitrogen and oxygen atoms in total. The summed E-state index contributed by atoms with van der Waals surface area (Å²) in [5, 5.41) is 11.9. The van der Waals surface area contributed by atoms with E-state index in [-0.39, 0.29) is 0 Å². The van der Waals surface area contributed by atoms with Crippen LogP contribution in [0.4, 0.5) is 5.69 Å². The predicted octanol–water partition coefficient (Wildman–Crippen LogP) is 2.96. The Kier molecular flexibility index (Phi) is 4.50. The number of hydrogen-bond acceptors (Lipinski definition) is 3. The lowest BCUT2D eigenvalue weighted by atomic mass is 10.1. The van der Waals surface area contributed by atoms with Crippen molar-refractivity contribution in [3.8, 4) is 0 Å². The van der Waals surface area contributed by atoms with Crippen LogP contribution in [0.1, 0.15) is 22.3 Å². The van der Waals surface area contributed by atoms with Gasteiger partial charge in [0.2, 0.25) is 0 Å². The summed E-state index contributed by atoms with van der Waals surface area (Å²) in [5.41, 5.74) is 2.15. The number of hydrogen-bond donors (Lipinski definition) is 2. The lowest BCUT2D eigenvalue weighted by Gasteiger charge is -2.10. The van der Waals surface area contributed by atoms with E-state index in [2.05, 4.69) is 5.32 Å². The van der Waals surface area contributed by atoms with E-state index in [1.54, 1.807) is 18.2 Å². The fraction of sp³-hybridized carbons (Fsp3) is 0.125. The minimum absolute atomic E-state index is 0.395. The monoisotopic (exact) mass is 269 g/mol. The smallest absolute Gasteiger partial charge is 0.311 e. The van der Waals surface area contributed by atoms with Gasteiger partial charge >= 0.3 is 5.97 Å². The first-order valence-electron chi connectivity index (χ1n) is 6.28. The Balaban J connectivity index is 2.12. The number of carboxylic acid groups (broad SMARTS) is 1. The van der Waals surface area contributed by atoms with Crippen LogP contribution in [0.15, 0.2) is 54.6 Å². The minimum atomic E-state index is -1.12. The van der Waals surface area contributed by atoms with Crippen LogP contribution in [-0.4, -0.2) is 16.9 Å². The van der Waals surface area contributed by atoms with Gasteiger partial charge < -0.3 is 10.4 Å². The predicted molar refractivity (Wildman–Crippen MR) is 76.8 cm³/mol. The Morgan fingerprint density at radius 3 is 2.30 bits per heavy atom. The van der Waals surface area contributed by atoms with E-state index < -0.39 is 18.2 Å². The summed E-state index contributed by atoms with van der Waals surface area (Å²) in [6.45, 7) is 0.582. The first-order valence-corrected chi connectivity index (χ1v) is 6.28. The van der Waals surface area contributed by atoms with Crippen molar-refractivity contribution in [3.05, 3.63) is 65.7 Å². The van der Waals surface area contributed by atoms with Gasteiger partial charge in [0.05, 0.1) is 0 Å². The number of aliphatic carboxylic acids is 1. The highest BCUT2D eigenvalue weighted by molar-refractivity contribution is 6.08. The molecule has 0 bridgehead atoms. The molecule has 2 rings (SSSR count). The van der Waals surface area contributed by atoms with Gasteiger partial charge in [-0.25, -0.2) is 0 Å². The van der Waals surface area contributed by atoms with Gasteiger partial charge in [-0.1, -0.05) is 42.5 Å². The van der Waals surface area contributed by atoms with Crippen molar-refractivity contribution in [2.75, 3.05) is 5.32 Å². The van der Waals surface area contributed by atoms with Gasteiger partial charge in [-0.15, -0.1) is 0 Å². The third-order valence-corrected chi connectivity index (χ3v) is 2.87. The molecule has 0 aliphatic carbocycles. The quantitative estimate of drug-likeness (QED) is 0.625. The van der Waals surface area contributed by atoms with Crippen molar-refractivity contribution in [1.29, 1.82) is 0 Å². The molecule has 0 fully saturated rings. The number of benzene rings is 2. The molecule has 0 amide bonds. The van der Waals surface area contributed by atoms with Crippen LogP contribution in [0.5, 0.6) is 0 Å². The Labute approximate surface area is 117 Å². The van der Waals surface area contributed by atoms with Crippen LogP contribution in [0.25, 0.3) is 0 Å². The van der Waals surface area contributed by atoms with E-state index in [4.69, 9.17) is 5.11 Å². The topological polar surface area (TPSA) is 66.4 Å². The van der Waals surface area contributed by atoms with Crippen molar-refractivity contribution < 1.29 is 14.7 Å². The van der Waals surface area contributed by atoms with Crippen LogP contribution in [0.2, 0.25) is 0 Å². The molecular formula is C16H15NO3. The van der Waals surface area contributed by atoms with Gasteiger partial charge in [-0.2, -0.15) is 0 Å². The number of ketones is 1. The zero-order valence-corrected chi connectivity index (χ0v) is 10.9. The molecule has 2 aromatic rings. The van der Waals surface area contributed by atoms with E-state index in [1.807, 2.05) is 36.4 Å². The first kappa shape index (κ1) is 13.8. The molecule has 0 aromatic heterocycles. The highest BCUT2D eigenvalue weighted by Gasteiger charge is 2.14. The largest absolute Gasteiger partial charge is 0.481 e. The molecule has 2 aromatic carbocycles. The normalized spacial score (nSPS) is 10.0. The third-order valence-electron chi connectivity index (χ3n) is 2.87. The van der Waals surface area contributed by atoms with Crippen molar-refractivity contribution in [3.63, 3.8) is 0 Å². The van der Waals surface area contributed by atoms with E-state index in [0.29, 0.717) is 17.8 Å². The molecule has 2 N–H and O–H groups in total. The van der Waals surface area contributed by atoms with E-state index in [9.17, 15) is 9.59 Å². The van der Waals surface area contributed by atoms with Crippen LogP contribution >= 0.6 is 0 Å². The summed E-state index contributed by atoms with van der Waals surface area (Å²) >= 11 is 0. The SMILES string of the molecule is O=C(O)CC(=O)c1ccccc1NCc1ccccc1. The van der Waals surface area contributed by atoms with Crippen molar-refractivity contribution in [2.24, 2.45) is 0 Å². The second-order valence-electron chi connectivity index (χ2n) is 4.38. The van der Waals surface area contributed by atoms with Gasteiger partial charge in [0, 0.05) is 17.8 Å². The average Bonchev–Trinajstić information content (AvgIpc) is 2.46. The lowest BCUT2D eigenvalue weighted by molar-refractivity contribution is -0.135. The van der Waals surface area contributed by atoms with Gasteiger partial charge in [0.1, 0.15) is 6.42 Å². The van der Waals surface area contributed by atoms with Gasteiger partial charge in [-0.05, 0) is 17.7 Å². The Morgan fingerprint density at radius 2 is 1.60 bits per heavy atom. The molecule has 0 spiro atoms. The van der Waals surface area contributed by atoms with Crippen LogP contribution in [0, 0.1) is 0 Å². The second kappa shape index (κ2) is 6.52. The third kappa shape index (κ3) is 3.68. The summed E-state index contributed by atoms with van der Waals surface area (Å²) in [6, 6.07) is 16.7. The van der Waals surface area contributed by atoms with E-state index in [1.165, 1.54) is 0 Å². The Bertz CT molecular complexity index is 608. The number of carbonyl (C=O) groups excluding carboxylic acids is 1. The second-order valence-corrected chi connectivity index (χ2v) is 4.38. The Hall–Kier alpha value is -2.62. The van der Waals surface area contributed by atoms with Crippen molar-refractivity contribution in [2.45, 2.75) is 13.0 Å². The lowest BCUT2D eigenvalue weighted by Crippen LogP contribution is -2.10. The number of carbonyl (C=O) groups is 2. The summed E-state index contributed by atoms with van der Waals surface area (Å²) < 4.78 is 0. The maximum atomic E-state index is 11.9. The number of Topliss-reactive ketones (excluding diaryl/α,β-unsaturated/α-hetero) is 1. The molecule has 0 radical (unpaired) electrons. The van der Waals surface area contributed by atoms with Gasteiger partial charge in [-0.3, -0.25) is 9.59 Å². The summed E-state index contributed by atoms with van der Waals surface area (Å²) in [4.78, 5) is 22.5. The summed E-state index contributed by atoms with van der Waals surface area (Å²) in [5.74, 6) is -1.51. The van der Waals surface area contributed by atoms with Gasteiger partial charge in [0.15, 0.2) is 5.78 Å². The van der Waals surface area contributed by atoms with Gasteiger partial charge in [0.25, 0.3) is 0 Å². The molecule has 102 valence electrons. The van der Waals surface area contributed by atoms with Crippen LogP contribution in [0.3, 0.4) is 0 Å². The molecular weight excluding hydrogens is 254 g/mol. The maximum Gasteiger partial charge on any atom is 0.311 e. The molecule has 4 heteroatoms. The molecule has 0 saturated carbocycles. The van der Waals surface area contributed by atoms with E-state index in [0.717, 1.165) is 5.56 Å². The number of nitrogens with one attached hydrogen (secondary N) is 1.